The third-order valence-corrected chi connectivity index (χ3v) is 5.52. The van der Waals surface area contributed by atoms with Crippen LogP contribution in [-0.2, 0) is 14.3 Å². The number of esters is 1. The largest absolute Gasteiger partial charge is 0.490 e. The van der Waals surface area contributed by atoms with E-state index in [1.807, 2.05) is 62.4 Å². The molecule has 2 heterocycles. The lowest BCUT2D eigenvalue weighted by molar-refractivity contribution is -0.144. The Morgan fingerprint density at radius 2 is 1.88 bits per heavy atom. The molecule has 1 aliphatic rings. The fraction of sp³-hybridized carbons (Fsp3) is 0.296. The molecule has 0 saturated heterocycles. The molecule has 2 aromatic carbocycles. The van der Waals surface area contributed by atoms with Gasteiger partial charge in [-0.25, -0.2) is 4.79 Å². The number of rotatable bonds is 7. The summed E-state index contributed by atoms with van der Waals surface area (Å²) in [5.74, 6) is 0.522. The van der Waals surface area contributed by atoms with E-state index in [9.17, 15) is 9.59 Å². The van der Waals surface area contributed by atoms with Crippen LogP contribution < -0.4 is 14.8 Å². The van der Waals surface area contributed by atoms with Crippen LogP contribution in [0.15, 0.2) is 60.8 Å². The van der Waals surface area contributed by atoms with Crippen LogP contribution in [0.1, 0.15) is 37.4 Å². The Morgan fingerprint density at radius 3 is 2.71 bits per heavy atom. The Hall–Kier alpha value is -3.87. The van der Waals surface area contributed by atoms with Crippen molar-refractivity contribution in [1.82, 2.24) is 10.3 Å². The highest BCUT2D eigenvalue weighted by Crippen LogP contribution is 2.34. The Bertz CT molecular complexity index is 1200. The summed E-state index contributed by atoms with van der Waals surface area (Å²) in [6.45, 7) is 4.87. The van der Waals surface area contributed by atoms with Gasteiger partial charge in [0.2, 0.25) is 0 Å². The summed E-state index contributed by atoms with van der Waals surface area (Å²) in [7, 11) is 0. The smallest absolute Gasteiger partial charge is 0.331 e. The Balaban J connectivity index is 1.36. The van der Waals surface area contributed by atoms with E-state index in [1.165, 1.54) is 6.08 Å². The van der Waals surface area contributed by atoms with Crippen LogP contribution in [0.5, 0.6) is 11.5 Å². The van der Waals surface area contributed by atoms with Gasteiger partial charge in [0.05, 0.1) is 24.8 Å². The number of benzene rings is 2. The van der Waals surface area contributed by atoms with Gasteiger partial charge >= 0.3 is 5.97 Å². The lowest BCUT2D eigenvalue weighted by Crippen LogP contribution is -2.34. The number of hydrogen-bond acceptors (Lipinski definition) is 6. The molecule has 7 heteroatoms. The summed E-state index contributed by atoms with van der Waals surface area (Å²) in [6.07, 6.45) is 5.48. The zero-order valence-electron chi connectivity index (χ0n) is 19.3. The lowest BCUT2D eigenvalue weighted by Gasteiger charge is -2.23. The van der Waals surface area contributed by atoms with Crippen molar-refractivity contribution in [2.75, 3.05) is 19.8 Å². The first-order chi connectivity index (χ1) is 16.5. The summed E-state index contributed by atoms with van der Waals surface area (Å²) >= 11 is 0. The van der Waals surface area contributed by atoms with Crippen molar-refractivity contribution >= 4 is 28.9 Å². The molecule has 7 nitrogen and oxygen atoms in total. The molecule has 1 aliphatic heterocycles. The molecule has 176 valence electrons. The van der Waals surface area contributed by atoms with Crippen molar-refractivity contribution < 1.29 is 23.8 Å². The van der Waals surface area contributed by atoms with Gasteiger partial charge in [0.15, 0.2) is 18.1 Å². The second-order valence-electron chi connectivity index (χ2n) is 8.41. The van der Waals surface area contributed by atoms with Gasteiger partial charge in [-0.15, -0.1) is 0 Å². The Morgan fingerprint density at radius 1 is 1.09 bits per heavy atom. The summed E-state index contributed by atoms with van der Waals surface area (Å²) < 4.78 is 16.6. The average molecular weight is 461 g/mol. The first kappa shape index (κ1) is 23.3. The normalized spacial score (nSPS) is 14.1. The maximum Gasteiger partial charge on any atom is 0.331 e. The summed E-state index contributed by atoms with van der Waals surface area (Å²) in [5, 5.41) is 3.94. The molecule has 34 heavy (non-hydrogen) atoms. The maximum absolute atomic E-state index is 12.6. The number of carbonyl (C=O) groups is 2. The molecule has 1 aromatic heterocycles. The molecular formula is C27H28N2O5. The van der Waals surface area contributed by atoms with Crippen molar-refractivity contribution in [3.8, 4) is 11.5 Å². The predicted octanol–water partition coefficient (Wildman–Crippen LogP) is 4.47. The predicted molar refractivity (Wildman–Crippen MR) is 130 cm³/mol. The van der Waals surface area contributed by atoms with Crippen molar-refractivity contribution in [2.45, 2.75) is 26.3 Å². The van der Waals surface area contributed by atoms with E-state index in [-0.39, 0.29) is 24.5 Å². The molecule has 1 unspecified atom stereocenters. The van der Waals surface area contributed by atoms with Crippen molar-refractivity contribution in [2.24, 2.45) is 5.92 Å². The zero-order valence-corrected chi connectivity index (χ0v) is 19.3. The molecule has 1 amide bonds. The number of ether oxygens (including phenoxy) is 3. The van der Waals surface area contributed by atoms with Crippen LogP contribution in [0.25, 0.3) is 17.0 Å². The molecule has 0 radical (unpaired) electrons. The van der Waals surface area contributed by atoms with E-state index in [0.29, 0.717) is 24.7 Å². The van der Waals surface area contributed by atoms with Crippen LogP contribution in [0.2, 0.25) is 0 Å². The van der Waals surface area contributed by atoms with Crippen molar-refractivity contribution in [1.29, 1.82) is 0 Å². The van der Waals surface area contributed by atoms with E-state index in [1.54, 1.807) is 12.3 Å². The highest BCUT2D eigenvalue weighted by Gasteiger charge is 2.21. The molecular weight excluding hydrogens is 432 g/mol. The number of carbonyl (C=O) groups excluding carboxylic acids is 2. The number of nitrogens with one attached hydrogen (secondary N) is 1. The number of nitrogens with zero attached hydrogens (tertiary/aromatic N) is 1. The van der Waals surface area contributed by atoms with Gasteiger partial charge in [0.1, 0.15) is 0 Å². The zero-order chi connectivity index (χ0) is 23.9. The van der Waals surface area contributed by atoms with Gasteiger partial charge in [-0.2, -0.15) is 0 Å². The molecule has 3 aromatic rings. The minimum Gasteiger partial charge on any atom is -0.490 e. The van der Waals surface area contributed by atoms with Gasteiger partial charge in [0, 0.05) is 29.6 Å². The van der Waals surface area contributed by atoms with E-state index in [0.717, 1.165) is 28.5 Å². The Kier molecular flexibility index (Phi) is 7.42. The highest BCUT2D eigenvalue weighted by atomic mass is 16.5. The van der Waals surface area contributed by atoms with Crippen molar-refractivity contribution in [3.05, 3.63) is 71.9 Å². The summed E-state index contributed by atoms with van der Waals surface area (Å²) in [6, 6.07) is 15.0. The summed E-state index contributed by atoms with van der Waals surface area (Å²) in [5.41, 5.74) is 2.50. The monoisotopic (exact) mass is 460 g/mol. The van der Waals surface area contributed by atoms with E-state index in [4.69, 9.17) is 14.2 Å². The van der Waals surface area contributed by atoms with Gasteiger partial charge in [0.25, 0.3) is 5.91 Å². The molecule has 4 rings (SSSR count). The van der Waals surface area contributed by atoms with E-state index < -0.39 is 5.97 Å². The first-order valence-corrected chi connectivity index (χ1v) is 11.4. The van der Waals surface area contributed by atoms with Gasteiger partial charge in [-0.05, 0) is 35.8 Å². The summed E-state index contributed by atoms with van der Waals surface area (Å²) in [4.78, 5) is 29.1. The van der Waals surface area contributed by atoms with Crippen LogP contribution in [0.4, 0.5) is 0 Å². The highest BCUT2D eigenvalue weighted by molar-refractivity contribution is 5.93. The number of fused-ring (bicyclic) bond motifs is 2. The number of pyridine rings is 1. The molecule has 1 atom stereocenters. The molecule has 0 saturated carbocycles. The third kappa shape index (κ3) is 5.73. The van der Waals surface area contributed by atoms with Gasteiger partial charge in [-0.1, -0.05) is 44.2 Å². The van der Waals surface area contributed by atoms with Gasteiger partial charge in [-0.3, -0.25) is 9.78 Å². The minimum absolute atomic E-state index is 0.114. The second-order valence-corrected chi connectivity index (χ2v) is 8.41. The molecule has 0 spiro atoms. The quantitative estimate of drug-likeness (QED) is 0.414. The van der Waals surface area contributed by atoms with E-state index >= 15 is 0 Å². The standard InChI is InChI=1S/C27H28N2O5/c1-18(2)26(21-9-11-22-23(16-21)33-15-5-14-32-22)29-24(30)17-34-25(31)12-10-20-7-3-6-19-8-4-13-28-27(19)20/h3-4,6-13,16,18,26H,5,14-15,17H2,1-2H3,(H,29,30)/b12-10+. The van der Waals surface area contributed by atoms with Crippen molar-refractivity contribution in [3.63, 3.8) is 0 Å². The molecule has 0 bridgehead atoms. The Labute approximate surface area is 198 Å². The number of aromatic nitrogens is 1. The SMILES string of the molecule is CC(C)C(NC(=O)COC(=O)/C=C/c1cccc2cccnc12)c1ccc2c(c1)OCCCO2. The van der Waals surface area contributed by atoms with Crippen LogP contribution >= 0.6 is 0 Å². The van der Waals surface area contributed by atoms with Crippen LogP contribution in [0, 0.1) is 5.92 Å². The molecule has 0 aliphatic carbocycles. The van der Waals surface area contributed by atoms with Gasteiger partial charge < -0.3 is 19.5 Å². The topological polar surface area (TPSA) is 86.8 Å². The fourth-order valence-corrected chi connectivity index (χ4v) is 3.83. The third-order valence-electron chi connectivity index (χ3n) is 5.52. The second kappa shape index (κ2) is 10.8. The maximum atomic E-state index is 12.6. The number of amides is 1. The number of hydrogen-bond donors (Lipinski definition) is 1. The molecule has 0 fully saturated rings. The number of para-hydroxylation sites is 1. The fourth-order valence-electron chi connectivity index (χ4n) is 3.83. The van der Waals surface area contributed by atoms with E-state index in [2.05, 4.69) is 10.3 Å². The average Bonchev–Trinajstić information content (AvgIpc) is 3.09. The first-order valence-electron chi connectivity index (χ1n) is 11.4. The minimum atomic E-state index is -0.597. The molecule has 1 N–H and O–H groups in total. The van der Waals surface area contributed by atoms with Crippen LogP contribution in [-0.4, -0.2) is 36.7 Å². The van der Waals surface area contributed by atoms with Crippen LogP contribution in [0.3, 0.4) is 0 Å². The lowest BCUT2D eigenvalue weighted by atomic mass is 9.95.